The Labute approximate surface area is 166 Å². The lowest BCUT2D eigenvalue weighted by molar-refractivity contribution is -0.120. The molecule has 0 fully saturated rings. The molecule has 150 valence electrons. The zero-order chi connectivity index (χ0) is 20.8. The third-order valence-electron chi connectivity index (χ3n) is 4.87. The minimum absolute atomic E-state index is 0.0853. The van der Waals surface area contributed by atoms with Crippen LogP contribution in [0.3, 0.4) is 0 Å². The number of carbonyl (C=O) groups excluding carboxylic acids is 2. The quantitative estimate of drug-likeness (QED) is 0.704. The van der Waals surface area contributed by atoms with Crippen LogP contribution in [0.5, 0.6) is 11.5 Å². The first-order valence-electron chi connectivity index (χ1n) is 9.11. The summed E-state index contributed by atoms with van der Waals surface area (Å²) < 4.78 is 10.7. The lowest BCUT2D eigenvalue weighted by atomic mass is 10.1. The van der Waals surface area contributed by atoms with Crippen LogP contribution in [0.2, 0.25) is 0 Å². The van der Waals surface area contributed by atoms with Crippen LogP contribution < -0.4 is 14.8 Å². The molecule has 0 saturated heterocycles. The summed E-state index contributed by atoms with van der Waals surface area (Å²) >= 11 is 0. The molecule has 2 aromatic carbocycles. The highest BCUT2D eigenvalue weighted by Gasteiger charge is 2.21. The number of methoxy groups -OCH3 is 2. The Bertz CT molecular complexity index is 864. The van der Waals surface area contributed by atoms with Crippen molar-refractivity contribution >= 4 is 17.4 Å². The highest BCUT2D eigenvalue weighted by molar-refractivity contribution is 6.04. The SMILES string of the molecule is COc1cc(C)c(CN(C)[C@@H](C)C(=O)Nc2ccccc2C(C)=O)cc1OC. The summed E-state index contributed by atoms with van der Waals surface area (Å²) in [4.78, 5) is 26.4. The van der Waals surface area contributed by atoms with Crippen LogP contribution in [0.4, 0.5) is 5.69 Å². The number of hydrogen-bond donors (Lipinski definition) is 1. The first-order chi connectivity index (χ1) is 13.3. The molecule has 6 heteroatoms. The van der Waals surface area contributed by atoms with Gasteiger partial charge in [0, 0.05) is 12.1 Å². The Morgan fingerprint density at radius 2 is 1.71 bits per heavy atom. The number of ether oxygens (including phenoxy) is 2. The fourth-order valence-corrected chi connectivity index (χ4v) is 2.94. The minimum atomic E-state index is -0.396. The number of benzene rings is 2. The topological polar surface area (TPSA) is 67.9 Å². The van der Waals surface area contributed by atoms with Gasteiger partial charge in [0.05, 0.1) is 25.9 Å². The van der Waals surface area contributed by atoms with Gasteiger partial charge in [-0.25, -0.2) is 0 Å². The van der Waals surface area contributed by atoms with E-state index in [2.05, 4.69) is 5.32 Å². The summed E-state index contributed by atoms with van der Waals surface area (Å²) in [6.07, 6.45) is 0. The van der Waals surface area contributed by atoms with Gasteiger partial charge in [-0.05, 0) is 63.2 Å². The van der Waals surface area contributed by atoms with Crippen molar-refractivity contribution in [1.82, 2.24) is 4.90 Å². The monoisotopic (exact) mass is 384 g/mol. The van der Waals surface area contributed by atoms with Crippen molar-refractivity contribution in [2.24, 2.45) is 0 Å². The number of ketones is 1. The van der Waals surface area contributed by atoms with Gasteiger partial charge in [0.25, 0.3) is 0 Å². The molecule has 1 N–H and O–H groups in total. The van der Waals surface area contributed by atoms with Crippen molar-refractivity contribution < 1.29 is 19.1 Å². The summed E-state index contributed by atoms with van der Waals surface area (Å²) in [5.74, 6) is 1.08. The molecule has 1 atom stereocenters. The van der Waals surface area contributed by atoms with Crippen LogP contribution in [-0.4, -0.2) is 43.9 Å². The first-order valence-corrected chi connectivity index (χ1v) is 9.11. The number of nitrogens with zero attached hydrogens (tertiary/aromatic N) is 1. The van der Waals surface area contributed by atoms with Crippen molar-refractivity contribution in [3.8, 4) is 11.5 Å². The van der Waals surface area contributed by atoms with E-state index >= 15 is 0 Å². The largest absolute Gasteiger partial charge is 0.493 e. The second kappa shape index (κ2) is 9.37. The maximum atomic E-state index is 12.7. The molecule has 0 aliphatic carbocycles. The van der Waals surface area contributed by atoms with Gasteiger partial charge in [0.15, 0.2) is 17.3 Å². The maximum absolute atomic E-state index is 12.7. The molecule has 2 aromatic rings. The normalized spacial score (nSPS) is 11.8. The van der Waals surface area contributed by atoms with Crippen molar-refractivity contribution in [3.63, 3.8) is 0 Å². The van der Waals surface area contributed by atoms with Crippen LogP contribution in [0, 0.1) is 6.92 Å². The van der Waals surface area contributed by atoms with E-state index in [-0.39, 0.29) is 11.7 Å². The van der Waals surface area contributed by atoms with Crippen LogP contribution in [0.1, 0.15) is 35.3 Å². The summed E-state index contributed by atoms with van der Waals surface area (Å²) in [7, 11) is 5.09. The average molecular weight is 384 g/mol. The zero-order valence-corrected chi connectivity index (χ0v) is 17.3. The van der Waals surface area contributed by atoms with Crippen molar-refractivity contribution in [1.29, 1.82) is 0 Å². The Morgan fingerprint density at radius 3 is 2.32 bits per heavy atom. The molecule has 0 saturated carbocycles. The number of likely N-dealkylation sites (N-methyl/N-ethyl adjacent to an activating group) is 1. The molecule has 2 rings (SSSR count). The molecule has 0 spiro atoms. The van der Waals surface area contributed by atoms with Crippen molar-refractivity contribution in [2.75, 3.05) is 26.6 Å². The molecule has 28 heavy (non-hydrogen) atoms. The predicted molar refractivity (Wildman–Crippen MR) is 110 cm³/mol. The number of Topliss-reactive ketones (excluding diaryl/α,β-unsaturated/α-hetero) is 1. The average Bonchev–Trinajstić information content (AvgIpc) is 2.68. The Kier molecular flexibility index (Phi) is 7.18. The van der Waals surface area contributed by atoms with Gasteiger partial charge in [0.1, 0.15) is 0 Å². The number of hydrogen-bond acceptors (Lipinski definition) is 5. The predicted octanol–water partition coefficient (Wildman–Crippen LogP) is 3.67. The van der Waals surface area contributed by atoms with E-state index in [0.29, 0.717) is 29.3 Å². The van der Waals surface area contributed by atoms with Crippen LogP contribution in [-0.2, 0) is 11.3 Å². The van der Waals surface area contributed by atoms with Crippen LogP contribution >= 0.6 is 0 Å². The highest BCUT2D eigenvalue weighted by atomic mass is 16.5. The van der Waals surface area contributed by atoms with E-state index in [1.807, 2.05) is 37.9 Å². The third-order valence-corrected chi connectivity index (χ3v) is 4.87. The fourth-order valence-electron chi connectivity index (χ4n) is 2.94. The van der Waals surface area contributed by atoms with E-state index in [4.69, 9.17) is 9.47 Å². The maximum Gasteiger partial charge on any atom is 0.241 e. The molecule has 0 unspecified atom stereocenters. The molecule has 0 heterocycles. The van der Waals surface area contributed by atoms with Crippen molar-refractivity contribution in [2.45, 2.75) is 33.4 Å². The number of para-hydroxylation sites is 1. The van der Waals surface area contributed by atoms with Crippen LogP contribution in [0.25, 0.3) is 0 Å². The van der Waals surface area contributed by atoms with Gasteiger partial charge >= 0.3 is 0 Å². The number of rotatable bonds is 8. The van der Waals surface area contributed by atoms with E-state index in [1.165, 1.54) is 6.92 Å². The number of nitrogens with one attached hydrogen (secondary N) is 1. The standard InChI is InChI=1S/C22H28N2O4/c1-14-11-20(27-5)21(28-6)12-17(14)13-24(4)15(2)22(26)23-19-10-8-7-9-18(19)16(3)25/h7-12,15H,13H2,1-6H3,(H,23,26)/t15-/m0/s1. The lowest BCUT2D eigenvalue weighted by Gasteiger charge is -2.25. The van der Waals surface area contributed by atoms with Gasteiger partial charge in [-0.1, -0.05) is 12.1 Å². The fraction of sp³-hybridized carbons (Fsp3) is 0.364. The molecule has 0 aromatic heterocycles. The summed E-state index contributed by atoms with van der Waals surface area (Å²) in [6, 6.07) is 10.5. The smallest absolute Gasteiger partial charge is 0.241 e. The van der Waals surface area contributed by atoms with E-state index in [9.17, 15) is 9.59 Å². The second-order valence-electron chi connectivity index (χ2n) is 6.82. The lowest BCUT2D eigenvalue weighted by Crippen LogP contribution is -2.39. The second-order valence-corrected chi connectivity index (χ2v) is 6.82. The summed E-state index contributed by atoms with van der Waals surface area (Å²) in [5.41, 5.74) is 3.13. The van der Waals surface area contributed by atoms with E-state index < -0.39 is 6.04 Å². The van der Waals surface area contributed by atoms with Gasteiger partial charge in [0.2, 0.25) is 5.91 Å². The summed E-state index contributed by atoms with van der Waals surface area (Å²) in [6.45, 7) is 5.89. The molecule has 0 aliphatic rings. The minimum Gasteiger partial charge on any atom is -0.493 e. The van der Waals surface area contributed by atoms with Gasteiger partial charge in [-0.3, -0.25) is 14.5 Å². The molecule has 0 radical (unpaired) electrons. The highest BCUT2D eigenvalue weighted by Crippen LogP contribution is 2.31. The Hall–Kier alpha value is -2.86. The molecular formula is C22H28N2O4. The molecule has 0 bridgehead atoms. The van der Waals surface area contributed by atoms with Crippen molar-refractivity contribution in [3.05, 3.63) is 53.1 Å². The van der Waals surface area contributed by atoms with E-state index in [1.54, 1.807) is 38.5 Å². The Balaban J connectivity index is 2.14. The molecular weight excluding hydrogens is 356 g/mol. The van der Waals surface area contributed by atoms with Gasteiger partial charge in [-0.2, -0.15) is 0 Å². The van der Waals surface area contributed by atoms with E-state index in [0.717, 1.165) is 11.1 Å². The van der Waals surface area contributed by atoms with Gasteiger partial charge < -0.3 is 14.8 Å². The zero-order valence-electron chi connectivity index (χ0n) is 17.3. The number of amides is 1. The summed E-state index contributed by atoms with van der Waals surface area (Å²) in [5, 5.41) is 2.87. The number of aryl methyl sites for hydroxylation is 1. The van der Waals surface area contributed by atoms with Gasteiger partial charge in [-0.15, -0.1) is 0 Å². The molecule has 0 aliphatic heterocycles. The van der Waals surface area contributed by atoms with Crippen LogP contribution in [0.15, 0.2) is 36.4 Å². The number of anilines is 1. The molecule has 6 nitrogen and oxygen atoms in total. The third kappa shape index (κ3) is 4.89. The number of carbonyl (C=O) groups is 2. The Morgan fingerprint density at radius 1 is 1.11 bits per heavy atom. The molecule has 1 amide bonds. The first kappa shape index (κ1) is 21.4.